The van der Waals surface area contributed by atoms with Gasteiger partial charge in [-0.1, -0.05) is 55.3 Å². The van der Waals surface area contributed by atoms with E-state index in [-0.39, 0.29) is 0 Å². The van der Waals surface area contributed by atoms with Crippen LogP contribution >= 0.6 is 11.6 Å². The van der Waals surface area contributed by atoms with E-state index >= 15 is 0 Å². The average molecular weight is 305 g/mol. The minimum absolute atomic E-state index is 0.510. The van der Waals surface area contributed by atoms with Crippen LogP contribution in [0.5, 0.6) is 5.75 Å². The third kappa shape index (κ3) is 4.76. The molecule has 0 aliphatic heterocycles. The Kier molecular flexibility index (Phi) is 6.09. The maximum Gasteiger partial charge on any atom is 0.119 e. The van der Waals surface area contributed by atoms with Gasteiger partial charge in [0.15, 0.2) is 0 Å². The van der Waals surface area contributed by atoms with E-state index in [1.165, 1.54) is 0 Å². The smallest absolute Gasteiger partial charge is 0.119 e. The fraction of sp³-hybridized carbons (Fsp3) is 0.333. The molecular weight excluding hydrogens is 284 g/mol. The van der Waals surface area contributed by atoms with Crippen molar-refractivity contribution in [2.75, 3.05) is 6.61 Å². The molecule has 1 N–H and O–H groups in total. The molecule has 112 valence electrons. The van der Waals surface area contributed by atoms with Crippen LogP contribution in [0.3, 0.4) is 0 Å². The van der Waals surface area contributed by atoms with Gasteiger partial charge in [0.25, 0.3) is 0 Å². The number of rotatable bonds is 7. The molecule has 0 aromatic heterocycles. The molecule has 2 nitrogen and oxygen atoms in total. The highest BCUT2D eigenvalue weighted by Crippen LogP contribution is 2.24. The van der Waals surface area contributed by atoms with Crippen molar-refractivity contribution in [1.82, 2.24) is 0 Å². The second kappa shape index (κ2) is 8.06. The van der Waals surface area contributed by atoms with Crippen LogP contribution in [0.15, 0.2) is 48.5 Å². The lowest BCUT2D eigenvalue weighted by molar-refractivity contribution is 0.178. The van der Waals surface area contributed by atoms with E-state index in [0.29, 0.717) is 11.4 Å². The van der Waals surface area contributed by atoms with Gasteiger partial charge in [-0.05, 0) is 35.7 Å². The molecule has 3 heteroatoms. The number of aliphatic hydroxyl groups excluding tert-OH is 1. The molecule has 0 radical (unpaired) electrons. The first-order chi connectivity index (χ1) is 10.2. The van der Waals surface area contributed by atoms with Crippen LogP contribution in [0.4, 0.5) is 0 Å². The van der Waals surface area contributed by atoms with Crippen LogP contribution in [0.1, 0.15) is 37.0 Å². The Hall–Kier alpha value is -1.51. The predicted molar refractivity (Wildman–Crippen MR) is 87.0 cm³/mol. The van der Waals surface area contributed by atoms with Crippen molar-refractivity contribution in [2.24, 2.45) is 0 Å². The van der Waals surface area contributed by atoms with Gasteiger partial charge in [-0.25, -0.2) is 0 Å². The monoisotopic (exact) mass is 304 g/mol. The summed E-state index contributed by atoms with van der Waals surface area (Å²) in [6.45, 7) is 2.87. The zero-order chi connectivity index (χ0) is 15.1. The molecule has 0 saturated heterocycles. The molecule has 1 atom stereocenters. The molecule has 21 heavy (non-hydrogen) atoms. The van der Waals surface area contributed by atoms with Gasteiger partial charge in [-0.15, -0.1) is 0 Å². The highest BCUT2D eigenvalue weighted by Gasteiger charge is 2.10. The first kappa shape index (κ1) is 15.9. The highest BCUT2D eigenvalue weighted by atomic mass is 35.5. The maximum atomic E-state index is 10.3. The van der Waals surface area contributed by atoms with E-state index < -0.39 is 6.10 Å². The Labute approximate surface area is 131 Å². The SMILES string of the molecule is CCCCOc1ccc(C(O)Cc2ccccc2Cl)cc1. The molecule has 0 fully saturated rings. The molecule has 2 aromatic carbocycles. The minimum Gasteiger partial charge on any atom is -0.494 e. The summed E-state index contributed by atoms with van der Waals surface area (Å²) in [5.74, 6) is 0.845. The number of benzene rings is 2. The fourth-order valence-electron chi connectivity index (χ4n) is 2.11. The molecule has 0 spiro atoms. The van der Waals surface area contributed by atoms with Crippen LogP contribution in [0.25, 0.3) is 0 Å². The van der Waals surface area contributed by atoms with Crippen molar-refractivity contribution in [3.05, 3.63) is 64.7 Å². The van der Waals surface area contributed by atoms with E-state index in [4.69, 9.17) is 16.3 Å². The van der Waals surface area contributed by atoms with Crippen LogP contribution in [-0.4, -0.2) is 11.7 Å². The van der Waals surface area contributed by atoms with Crippen LogP contribution in [0.2, 0.25) is 5.02 Å². The second-order valence-corrected chi connectivity index (χ2v) is 5.49. The molecule has 0 aliphatic carbocycles. The molecule has 0 heterocycles. The maximum absolute atomic E-state index is 10.3. The number of halogens is 1. The molecular formula is C18H21ClO2. The standard InChI is InChI=1S/C18H21ClO2/c1-2-3-12-21-16-10-8-14(9-11-16)18(20)13-15-6-4-5-7-17(15)19/h4-11,18,20H,2-3,12-13H2,1H3. The Bertz CT molecular complexity index is 551. The summed E-state index contributed by atoms with van der Waals surface area (Å²) in [7, 11) is 0. The first-order valence-corrected chi connectivity index (χ1v) is 7.72. The number of unbranched alkanes of at least 4 members (excludes halogenated alkanes) is 1. The van der Waals surface area contributed by atoms with E-state index in [2.05, 4.69) is 6.92 Å². The Morgan fingerprint density at radius 3 is 2.48 bits per heavy atom. The van der Waals surface area contributed by atoms with E-state index in [1.54, 1.807) is 0 Å². The second-order valence-electron chi connectivity index (χ2n) is 5.08. The Morgan fingerprint density at radius 2 is 1.81 bits per heavy atom. The van der Waals surface area contributed by atoms with Crippen LogP contribution < -0.4 is 4.74 Å². The molecule has 0 bridgehead atoms. The summed E-state index contributed by atoms with van der Waals surface area (Å²) in [5, 5.41) is 11.0. The highest BCUT2D eigenvalue weighted by molar-refractivity contribution is 6.31. The van der Waals surface area contributed by atoms with Gasteiger partial charge in [0, 0.05) is 11.4 Å². The van der Waals surface area contributed by atoms with Crippen LogP contribution in [-0.2, 0) is 6.42 Å². The summed E-state index contributed by atoms with van der Waals surface area (Å²) < 4.78 is 5.62. The van der Waals surface area contributed by atoms with Crippen LogP contribution in [0, 0.1) is 0 Å². The number of hydrogen-bond donors (Lipinski definition) is 1. The summed E-state index contributed by atoms with van der Waals surface area (Å²) in [4.78, 5) is 0. The third-order valence-corrected chi connectivity index (χ3v) is 3.77. The quantitative estimate of drug-likeness (QED) is 0.745. The first-order valence-electron chi connectivity index (χ1n) is 7.35. The lowest BCUT2D eigenvalue weighted by Crippen LogP contribution is -2.03. The minimum atomic E-state index is -0.561. The van der Waals surface area contributed by atoms with Crippen molar-refractivity contribution in [2.45, 2.75) is 32.3 Å². The number of ether oxygens (including phenoxy) is 1. The largest absolute Gasteiger partial charge is 0.494 e. The zero-order valence-corrected chi connectivity index (χ0v) is 13.0. The molecule has 1 unspecified atom stereocenters. The summed E-state index contributed by atoms with van der Waals surface area (Å²) in [5.41, 5.74) is 1.83. The lowest BCUT2D eigenvalue weighted by Gasteiger charge is -2.13. The molecule has 2 rings (SSSR count). The topological polar surface area (TPSA) is 29.5 Å². The third-order valence-electron chi connectivity index (χ3n) is 3.40. The van der Waals surface area contributed by atoms with E-state index in [1.807, 2.05) is 48.5 Å². The van der Waals surface area contributed by atoms with Gasteiger partial charge in [0.05, 0.1) is 12.7 Å². The van der Waals surface area contributed by atoms with Crippen molar-refractivity contribution in [3.63, 3.8) is 0 Å². The van der Waals surface area contributed by atoms with Crippen molar-refractivity contribution in [1.29, 1.82) is 0 Å². The predicted octanol–water partition coefficient (Wildman–Crippen LogP) is 4.80. The average Bonchev–Trinajstić information content (AvgIpc) is 2.50. The number of hydrogen-bond acceptors (Lipinski definition) is 2. The summed E-state index contributed by atoms with van der Waals surface area (Å²) in [6, 6.07) is 15.2. The molecule has 0 saturated carbocycles. The van der Waals surface area contributed by atoms with Gasteiger partial charge in [-0.3, -0.25) is 0 Å². The van der Waals surface area contributed by atoms with Crippen molar-refractivity contribution in [3.8, 4) is 5.75 Å². The van der Waals surface area contributed by atoms with Gasteiger partial charge >= 0.3 is 0 Å². The normalized spacial score (nSPS) is 12.1. The fourth-order valence-corrected chi connectivity index (χ4v) is 2.32. The molecule has 0 aliphatic rings. The van der Waals surface area contributed by atoms with E-state index in [0.717, 1.165) is 36.3 Å². The van der Waals surface area contributed by atoms with E-state index in [9.17, 15) is 5.11 Å². The van der Waals surface area contributed by atoms with Crippen molar-refractivity contribution >= 4 is 11.6 Å². The Morgan fingerprint density at radius 1 is 1.10 bits per heavy atom. The zero-order valence-electron chi connectivity index (χ0n) is 12.3. The summed E-state index contributed by atoms with van der Waals surface area (Å²) in [6.07, 6.45) is 2.12. The van der Waals surface area contributed by atoms with Crippen molar-refractivity contribution < 1.29 is 9.84 Å². The molecule has 0 amide bonds. The lowest BCUT2D eigenvalue weighted by atomic mass is 10.0. The van der Waals surface area contributed by atoms with Gasteiger partial charge in [0.2, 0.25) is 0 Å². The Balaban J connectivity index is 1.96. The van der Waals surface area contributed by atoms with Gasteiger partial charge < -0.3 is 9.84 Å². The molecule has 2 aromatic rings. The number of aliphatic hydroxyl groups is 1. The van der Waals surface area contributed by atoms with Gasteiger partial charge in [-0.2, -0.15) is 0 Å². The van der Waals surface area contributed by atoms with Gasteiger partial charge in [0.1, 0.15) is 5.75 Å². The summed E-state index contributed by atoms with van der Waals surface area (Å²) >= 11 is 6.12.